The monoisotopic (exact) mass is 348 g/mol. The molecule has 2 saturated heterocycles. The first-order chi connectivity index (χ1) is 12.2. The van der Waals surface area contributed by atoms with Gasteiger partial charge in [-0.2, -0.15) is 5.06 Å². The van der Waals surface area contributed by atoms with E-state index in [9.17, 15) is 4.79 Å². The number of hydroxylamine groups is 2. The summed E-state index contributed by atoms with van der Waals surface area (Å²) in [5.41, 5.74) is 6.73. The number of hydrogen-bond donors (Lipinski definition) is 1. The van der Waals surface area contributed by atoms with Gasteiger partial charge in [-0.25, -0.2) is 0 Å². The normalized spacial score (nSPS) is 27.0. The van der Waals surface area contributed by atoms with Crippen molar-refractivity contribution in [3.8, 4) is 0 Å². The van der Waals surface area contributed by atoms with Gasteiger partial charge in [0.15, 0.2) is 0 Å². The number of carbonyl (C=O) groups excluding carboxylic acids is 1. The number of rotatable bonds is 9. The zero-order chi connectivity index (χ0) is 17.5. The molecule has 0 saturated carbocycles. The summed E-state index contributed by atoms with van der Waals surface area (Å²) in [6.45, 7) is 3.57. The molecule has 25 heavy (non-hydrogen) atoms. The predicted octanol–water partition coefficient (Wildman–Crippen LogP) is 1.88. The van der Waals surface area contributed by atoms with Gasteiger partial charge in [-0.05, 0) is 30.7 Å². The largest absolute Gasteiger partial charge is 0.381 e. The third-order valence-electron chi connectivity index (χ3n) is 4.84. The van der Waals surface area contributed by atoms with E-state index >= 15 is 0 Å². The average molecular weight is 348 g/mol. The molecule has 3 rings (SSSR count). The first kappa shape index (κ1) is 18.3. The lowest BCUT2D eigenvalue weighted by Crippen LogP contribution is -2.41. The van der Waals surface area contributed by atoms with Crippen molar-refractivity contribution in [1.29, 1.82) is 0 Å². The van der Waals surface area contributed by atoms with Crippen LogP contribution < -0.4 is 5.73 Å². The zero-order valence-corrected chi connectivity index (χ0v) is 14.6. The van der Waals surface area contributed by atoms with E-state index in [4.69, 9.17) is 20.0 Å². The Hall–Kier alpha value is -1.47. The highest BCUT2D eigenvalue weighted by molar-refractivity contribution is 5.79. The van der Waals surface area contributed by atoms with E-state index in [2.05, 4.69) is 12.1 Å². The van der Waals surface area contributed by atoms with Crippen LogP contribution in [0, 0.1) is 5.92 Å². The summed E-state index contributed by atoms with van der Waals surface area (Å²) >= 11 is 0. The summed E-state index contributed by atoms with van der Waals surface area (Å²) in [6, 6.07) is 9.82. The maximum Gasteiger partial charge on any atom is 0.237 e. The highest BCUT2D eigenvalue weighted by atomic mass is 16.7. The Morgan fingerprint density at radius 3 is 2.88 bits per heavy atom. The SMILES string of the molecule is NC(=O)C1CC(CCCOCc2ccccc2)ON1CC1CCOC1. The molecule has 1 aromatic carbocycles. The molecule has 138 valence electrons. The molecule has 2 heterocycles. The molecule has 0 spiro atoms. The Morgan fingerprint density at radius 2 is 2.16 bits per heavy atom. The lowest BCUT2D eigenvalue weighted by molar-refractivity contribution is -0.175. The van der Waals surface area contributed by atoms with Gasteiger partial charge in [-0.15, -0.1) is 0 Å². The average Bonchev–Trinajstić information content (AvgIpc) is 3.26. The third-order valence-corrected chi connectivity index (χ3v) is 4.84. The van der Waals surface area contributed by atoms with E-state index < -0.39 is 0 Å². The number of nitrogens with two attached hydrogens (primary N) is 1. The van der Waals surface area contributed by atoms with E-state index in [0.29, 0.717) is 32.1 Å². The van der Waals surface area contributed by atoms with Crippen molar-refractivity contribution in [2.75, 3.05) is 26.4 Å². The third kappa shape index (κ3) is 5.51. The topological polar surface area (TPSA) is 74.0 Å². The van der Waals surface area contributed by atoms with Gasteiger partial charge in [-0.3, -0.25) is 9.63 Å². The van der Waals surface area contributed by atoms with E-state index in [0.717, 1.165) is 32.5 Å². The molecule has 0 aliphatic carbocycles. The summed E-state index contributed by atoms with van der Waals surface area (Å²) in [7, 11) is 0. The number of primary amides is 1. The fraction of sp³-hybridized carbons (Fsp3) is 0.632. The smallest absolute Gasteiger partial charge is 0.237 e. The number of carbonyl (C=O) groups is 1. The Bertz CT molecular complexity index is 533. The molecule has 0 aromatic heterocycles. The molecule has 1 amide bonds. The van der Waals surface area contributed by atoms with Crippen molar-refractivity contribution < 1.29 is 19.1 Å². The Morgan fingerprint density at radius 1 is 1.32 bits per heavy atom. The number of nitrogens with zero attached hydrogens (tertiary/aromatic N) is 1. The van der Waals surface area contributed by atoms with Gasteiger partial charge in [0.1, 0.15) is 6.04 Å². The lowest BCUT2D eigenvalue weighted by atomic mass is 10.0. The fourth-order valence-electron chi connectivity index (χ4n) is 3.43. The molecular weight excluding hydrogens is 320 g/mol. The van der Waals surface area contributed by atoms with Gasteiger partial charge < -0.3 is 15.2 Å². The Labute approximate surface area is 149 Å². The van der Waals surface area contributed by atoms with Crippen LogP contribution in [0.15, 0.2) is 30.3 Å². The molecule has 2 aliphatic heterocycles. The van der Waals surface area contributed by atoms with E-state index in [1.54, 1.807) is 5.06 Å². The van der Waals surface area contributed by atoms with Crippen LogP contribution in [0.25, 0.3) is 0 Å². The van der Waals surface area contributed by atoms with Gasteiger partial charge in [0.25, 0.3) is 0 Å². The highest BCUT2D eigenvalue weighted by Gasteiger charge is 2.38. The molecule has 0 radical (unpaired) electrons. The van der Waals surface area contributed by atoms with Gasteiger partial charge in [0, 0.05) is 26.2 Å². The van der Waals surface area contributed by atoms with E-state index in [1.165, 1.54) is 5.56 Å². The second-order valence-corrected chi connectivity index (χ2v) is 6.89. The number of benzene rings is 1. The highest BCUT2D eigenvalue weighted by Crippen LogP contribution is 2.27. The fourth-order valence-corrected chi connectivity index (χ4v) is 3.43. The summed E-state index contributed by atoms with van der Waals surface area (Å²) in [4.78, 5) is 17.7. The molecule has 1 aromatic rings. The van der Waals surface area contributed by atoms with Gasteiger partial charge in [-0.1, -0.05) is 30.3 Å². The van der Waals surface area contributed by atoms with Gasteiger partial charge in [0.05, 0.1) is 19.3 Å². The first-order valence-corrected chi connectivity index (χ1v) is 9.14. The van der Waals surface area contributed by atoms with Crippen LogP contribution in [0.4, 0.5) is 0 Å². The van der Waals surface area contributed by atoms with Crippen LogP contribution in [0.2, 0.25) is 0 Å². The van der Waals surface area contributed by atoms with E-state index in [1.807, 2.05) is 18.2 Å². The Balaban J connectivity index is 1.36. The second kappa shape index (κ2) is 9.29. The standard InChI is InChI=1S/C19H28N2O4/c20-19(22)18-11-17(25-21(18)12-16-8-10-24-14-16)7-4-9-23-13-15-5-2-1-3-6-15/h1-3,5-6,16-18H,4,7-14H2,(H2,20,22). The van der Waals surface area contributed by atoms with Crippen LogP contribution in [0.3, 0.4) is 0 Å². The van der Waals surface area contributed by atoms with Crippen molar-refractivity contribution >= 4 is 5.91 Å². The lowest BCUT2D eigenvalue weighted by Gasteiger charge is -2.23. The molecule has 3 atom stereocenters. The minimum atomic E-state index is -0.323. The van der Waals surface area contributed by atoms with Gasteiger partial charge in [0.2, 0.25) is 5.91 Å². The maximum atomic E-state index is 11.7. The number of hydrogen-bond acceptors (Lipinski definition) is 5. The second-order valence-electron chi connectivity index (χ2n) is 6.89. The van der Waals surface area contributed by atoms with Crippen LogP contribution in [0.1, 0.15) is 31.2 Å². The predicted molar refractivity (Wildman–Crippen MR) is 93.4 cm³/mol. The molecule has 6 nitrogen and oxygen atoms in total. The summed E-state index contributed by atoms with van der Waals surface area (Å²) in [5.74, 6) is 0.122. The minimum Gasteiger partial charge on any atom is -0.381 e. The molecule has 6 heteroatoms. The summed E-state index contributed by atoms with van der Waals surface area (Å²) in [5, 5.41) is 1.79. The molecule has 2 N–H and O–H groups in total. The molecule has 3 unspecified atom stereocenters. The van der Waals surface area contributed by atoms with Gasteiger partial charge >= 0.3 is 0 Å². The maximum absolute atomic E-state index is 11.7. The quantitative estimate of drug-likeness (QED) is 0.690. The first-order valence-electron chi connectivity index (χ1n) is 9.14. The van der Waals surface area contributed by atoms with Crippen LogP contribution in [-0.4, -0.2) is 49.5 Å². The van der Waals surface area contributed by atoms with Crippen LogP contribution >= 0.6 is 0 Å². The summed E-state index contributed by atoms with van der Waals surface area (Å²) in [6.07, 6.45) is 3.50. The van der Waals surface area contributed by atoms with Crippen molar-refractivity contribution in [2.24, 2.45) is 11.7 Å². The molecule has 2 fully saturated rings. The molecular formula is C19H28N2O4. The zero-order valence-electron chi connectivity index (χ0n) is 14.6. The number of ether oxygens (including phenoxy) is 2. The number of amides is 1. The minimum absolute atomic E-state index is 0.0418. The molecule has 0 bridgehead atoms. The van der Waals surface area contributed by atoms with Crippen molar-refractivity contribution in [2.45, 2.75) is 44.4 Å². The van der Waals surface area contributed by atoms with Crippen molar-refractivity contribution in [3.05, 3.63) is 35.9 Å². The van der Waals surface area contributed by atoms with Crippen molar-refractivity contribution in [1.82, 2.24) is 5.06 Å². The van der Waals surface area contributed by atoms with Crippen LogP contribution in [-0.2, 0) is 25.7 Å². The molecule has 2 aliphatic rings. The van der Waals surface area contributed by atoms with E-state index in [-0.39, 0.29) is 18.1 Å². The Kier molecular flexibility index (Phi) is 6.81. The summed E-state index contributed by atoms with van der Waals surface area (Å²) < 4.78 is 11.1. The van der Waals surface area contributed by atoms with Crippen molar-refractivity contribution in [3.63, 3.8) is 0 Å². The van der Waals surface area contributed by atoms with Crippen LogP contribution in [0.5, 0.6) is 0 Å².